The number of hydrogen-bond acceptors (Lipinski definition) is 3. The Morgan fingerprint density at radius 3 is 2.50 bits per heavy atom. The number of hydrogen-bond donors (Lipinski definition) is 0. The quantitative estimate of drug-likeness (QED) is 0.747. The number of piperidine rings is 1. The van der Waals surface area contributed by atoms with Gasteiger partial charge >= 0.3 is 5.97 Å². The Morgan fingerprint density at radius 2 is 1.80 bits per heavy atom. The van der Waals surface area contributed by atoms with Gasteiger partial charge in [0.05, 0.1) is 6.42 Å². The molecule has 0 N–H and O–H groups in total. The number of fused-ring (bicyclic) bond motifs is 1. The van der Waals surface area contributed by atoms with Gasteiger partial charge in [0.25, 0.3) is 0 Å². The summed E-state index contributed by atoms with van der Waals surface area (Å²) in [5.41, 5.74) is -0.470. The average molecular weight is 281 g/mol. The zero-order valence-electron chi connectivity index (χ0n) is 13.0. The molecule has 1 amide bonds. The molecule has 20 heavy (non-hydrogen) atoms. The van der Waals surface area contributed by atoms with Crippen LogP contribution in [0.2, 0.25) is 0 Å². The van der Waals surface area contributed by atoms with Crippen LogP contribution in [-0.2, 0) is 14.3 Å². The van der Waals surface area contributed by atoms with E-state index in [2.05, 4.69) is 0 Å². The number of carbonyl (C=O) groups excluding carboxylic acids is 2. The van der Waals surface area contributed by atoms with Crippen molar-refractivity contribution in [2.24, 2.45) is 5.92 Å². The number of carbonyl (C=O) groups is 2. The van der Waals surface area contributed by atoms with E-state index in [0.29, 0.717) is 12.0 Å². The summed E-state index contributed by atoms with van der Waals surface area (Å²) < 4.78 is 5.25. The fraction of sp³-hybridized carbons (Fsp3) is 0.875. The SMILES string of the molecule is CC(C)(C)OC(=O)CCC(=O)N1CCCC2CCCC21. The van der Waals surface area contributed by atoms with Crippen LogP contribution in [0.4, 0.5) is 0 Å². The predicted octanol–water partition coefficient (Wildman–Crippen LogP) is 2.90. The number of likely N-dealkylation sites (tertiary alicyclic amines) is 1. The minimum absolute atomic E-state index is 0.132. The first-order chi connectivity index (χ1) is 9.37. The van der Waals surface area contributed by atoms with Gasteiger partial charge in [-0.25, -0.2) is 0 Å². The van der Waals surface area contributed by atoms with Crippen molar-refractivity contribution in [2.75, 3.05) is 6.54 Å². The monoisotopic (exact) mass is 281 g/mol. The first kappa shape index (κ1) is 15.3. The van der Waals surface area contributed by atoms with Crippen LogP contribution in [0.5, 0.6) is 0 Å². The van der Waals surface area contributed by atoms with Crippen LogP contribution < -0.4 is 0 Å². The smallest absolute Gasteiger partial charge is 0.306 e. The summed E-state index contributed by atoms with van der Waals surface area (Å²) in [6.45, 7) is 6.41. The number of ether oxygens (including phenoxy) is 1. The lowest BCUT2D eigenvalue weighted by molar-refractivity contribution is -0.156. The Morgan fingerprint density at radius 1 is 1.10 bits per heavy atom. The first-order valence-electron chi connectivity index (χ1n) is 7.88. The van der Waals surface area contributed by atoms with E-state index in [1.54, 1.807) is 0 Å². The Labute approximate surface area is 121 Å². The summed E-state index contributed by atoms with van der Waals surface area (Å²) in [4.78, 5) is 26.0. The number of rotatable bonds is 3. The number of esters is 1. The molecule has 1 aliphatic heterocycles. The van der Waals surface area contributed by atoms with E-state index in [1.165, 1.54) is 19.3 Å². The highest BCUT2D eigenvalue weighted by molar-refractivity contribution is 5.81. The molecule has 2 atom stereocenters. The van der Waals surface area contributed by atoms with Gasteiger partial charge in [-0.05, 0) is 52.4 Å². The molecule has 4 heteroatoms. The van der Waals surface area contributed by atoms with Crippen molar-refractivity contribution in [1.82, 2.24) is 4.90 Å². The zero-order chi connectivity index (χ0) is 14.8. The maximum Gasteiger partial charge on any atom is 0.306 e. The van der Waals surface area contributed by atoms with Crippen LogP contribution in [0.1, 0.15) is 65.7 Å². The maximum absolute atomic E-state index is 12.3. The summed E-state index contributed by atoms with van der Waals surface area (Å²) in [7, 11) is 0. The Bertz CT molecular complexity index is 372. The van der Waals surface area contributed by atoms with Gasteiger partial charge in [-0.1, -0.05) is 6.42 Å². The molecule has 1 aliphatic carbocycles. The summed E-state index contributed by atoms with van der Waals surface area (Å²) in [5, 5.41) is 0. The molecule has 0 aromatic heterocycles. The van der Waals surface area contributed by atoms with Crippen molar-refractivity contribution >= 4 is 11.9 Å². The molecule has 2 aliphatic rings. The van der Waals surface area contributed by atoms with Gasteiger partial charge in [0.15, 0.2) is 0 Å². The molecule has 2 rings (SSSR count). The third-order valence-electron chi connectivity index (χ3n) is 4.28. The maximum atomic E-state index is 12.3. The van der Waals surface area contributed by atoms with Crippen molar-refractivity contribution in [3.05, 3.63) is 0 Å². The second-order valence-corrected chi connectivity index (χ2v) is 7.07. The molecule has 0 spiro atoms. The minimum Gasteiger partial charge on any atom is -0.460 e. The van der Waals surface area contributed by atoms with Crippen LogP contribution in [0, 0.1) is 5.92 Å². The highest BCUT2D eigenvalue weighted by Crippen LogP contribution is 2.37. The van der Waals surface area contributed by atoms with E-state index in [1.807, 2.05) is 25.7 Å². The molecule has 0 radical (unpaired) electrons. The van der Waals surface area contributed by atoms with Gasteiger partial charge in [0.1, 0.15) is 5.60 Å². The summed E-state index contributed by atoms with van der Waals surface area (Å²) in [6.07, 6.45) is 6.51. The van der Waals surface area contributed by atoms with Gasteiger partial charge in [-0.15, -0.1) is 0 Å². The third-order valence-corrected chi connectivity index (χ3v) is 4.28. The summed E-state index contributed by atoms with van der Waals surface area (Å²) in [6, 6.07) is 0.440. The van der Waals surface area contributed by atoms with Gasteiger partial charge in [0, 0.05) is 19.0 Å². The standard InChI is InChI=1S/C16H27NO3/c1-16(2,3)20-15(19)10-9-14(18)17-11-5-7-12-6-4-8-13(12)17/h12-13H,4-11H2,1-3H3. The first-order valence-corrected chi connectivity index (χ1v) is 7.88. The van der Waals surface area contributed by atoms with E-state index in [-0.39, 0.29) is 24.7 Å². The van der Waals surface area contributed by atoms with Gasteiger partial charge in [0.2, 0.25) is 5.91 Å². The van der Waals surface area contributed by atoms with E-state index < -0.39 is 5.60 Å². The molecule has 1 saturated carbocycles. The van der Waals surface area contributed by atoms with Crippen LogP contribution in [0.3, 0.4) is 0 Å². The van der Waals surface area contributed by atoms with Crippen molar-refractivity contribution in [1.29, 1.82) is 0 Å². The molecule has 2 unspecified atom stereocenters. The number of nitrogens with zero attached hydrogens (tertiary/aromatic N) is 1. The number of amides is 1. The van der Waals surface area contributed by atoms with Gasteiger partial charge in [-0.3, -0.25) is 9.59 Å². The van der Waals surface area contributed by atoms with E-state index in [0.717, 1.165) is 19.4 Å². The van der Waals surface area contributed by atoms with E-state index >= 15 is 0 Å². The molecule has 1 heterocycles. The summed E-state index contributed by atoms with van der Waals surface area (Å²) in [5.74, 6) is 0.563. The fourth-order valence-electron chi connectivity index (χ4n) is 3.51. The lowest BCUT2D eigenvalue weighted by atomic mass is 9.91. The normalized spacial score (nSPS) is 26.2. The van der Waals surface area contributed by atoms with Crippen molar-refractivity contribution in [2.45, 2.75) is 77.4 Å². The molecule has 0 aromatic rings. The highest BCUT2D eigenvalue weighted by atomic mass is 16.6. The second-order valence-electron chi connectivity index (χ2n) is 7.07. The predicted molar refractivity (Wildman–Crippen MR) is 77.2 cm³/mol. The highest BCUT2D eigenvalue weighted by Gasteiger charge is 2.37. The van der Waals surface area contributed by atoms with Crippen molar-refractivity contribution in [3.8, 4) is 0 Å². The lowest BCUT2D eigenvalue weighted by Crippen LogP contribution is -2.46. The van der Waals surface area contributed by atoms with Crippen LogP contribution in [-0.4, -0.2) is 35.0 Å². The topological polar surface area (TPSA) is 46.6 Å². The molecular weight excluding hydrogens is 254 g/mol. The zero-order valence-corrected chi connectivity index (χ0v) is 13.0. The molecule has 4 nitrogen and oxygen atoms in total. The van der Waals surface area contributed by atoms with Crippen molar-refractivity contribution in [3.63, 3.8) is 0 Å². The van der Waals surface area contributed by atoms with E-state index in [9.17, 15) is 9.59 Å². The van der Waals surface area contributed by atoms with E-state index in [4.69, 9.17) is 4.74 Å². The molecule has 2 fully saturated rings. The van der Waals surface area contributed by atoms with Gasteiger partial charge in [-0.2, -0.15) is 0 Å². The molecular formula is C16H27NO3. The molecule has 1 saturated heterocycles. The second kappa shape index (κ2) is 6.15. The van der Waals surface area contributed by atoms with Crippen LogP contribution >= 0.6 is 0 Å². The molecule has 114 valence electrons. The average Bonchev–Trinajstić information content (AvgIpc) is 2.81. The minimum atomic E-state index is -0.470. The Balaban J connectivity index is 1.81. The summed E-state index contributed by atoms with van der Waals surface area (Å²) >= 11 is 0. The molecule has 0 aromatic carbocycles. The van der Waals surface area contributed by atoms with Crippen LogP contribution in [0.25, 0.3) is 0 Å². The van der Waals surface area contributed by atoms with Crippen molar-refractivity contribution < 1.29 is 14.3 Å². The Hall–Kier alpha value is -1.06. The largest absolute Gasteiger partial charge is 0.460 e. The molecule has 0 bridgehead atoms. The Kier molecular flexibility index (Phi) is 4.71. The fourth-order valence-corrected chi connectivity index (χ4v) is 3.51. The lowest BCUT2D eigenvalue weighted by Gasteiger charge is -2.38. The van der Waals surface area contributed by atoms with Gasteiger partial charge < -0.3 is 9.64 Å². The third kappa shape index (κ3) is 3.97. The van der Waals surface area contributed by atoms with Crippen LogP contribution in [0.15, 0.2) is 0 Å².